The average Bonchev–Trinajstić information content (AvgIpc) is 2.45. The van der Waals surface area contributed by atoms with Gasteiger partial charge in [-0.05, 0) is 6.42 Å². The summed E-state index contributed by atoms with van der Waals surface area (Å²) in [6.07, 6.45) is 2.12. The van der Waals surface area contributed by atoms with Gasteiger partial charge in [-0.1, -0.05) is 49.0 Å². The van der Waals surface area contributed by atoms with Crippen LogP contribution in [0.5, 0.6) is 0 Å². The number of carbonyl (C=O) groups is 1. The van der Waals surface area contributed by atoms with Gasteiger partial charge in [-0.15, -0.1) is 0 Å². The monoisotopic (exact) mass is 274 g/mol. The smallest absolute Gasteiger partial charge is 0.251 e. The molecule has 1 aromatic carbocycles. The number of hydrogen-bond donors (Lipinski definition) is 1. The summed E-state index contributed by atoms with van der Waals surface area (Å²) in [6, 6.07) is 10.5. The Labute approximate surface area is 115 Å². The van der Waals surface area contributed by atoms with Crippen molar-refractivity contribution in [2.45, 2.75) is 23.8 Å². The minimum Gasteiger partial charge on any atom is -0.301 e. The van der Waals surface area contributed by atoms with Gasteiger partial charge >= 0.3 is 0 Å². The zero-order valence-corrected chi connectivity index (χ0v) is 11.3. The third-order valence-electron chi connectivity index (χ3n) is 2.62. The van der Waals surface area contributed by atoms with E-state index >= 15 is 0 Å². The second kappa shape index (κ2) is 6.33. The molecule has 1 atom stereocenters. The molecule has 2 rings (SSSR count). The van der Waals surface area contributed by atoms with Gasteiger partial charge in [-0.3, -0.25) is 9.59 Å². The van der Waals surface area contributed by atoms with Crippen molar-refractivity contribution in [2.24, 2.45) is 0 Å². The summed E-state index contributed by atoms with van der Waals surface area (Å²) in [5.41, 5.74) is 0.472. The van der Waals surface area contributed by atoms with Crippen LogP contribution in [0.15, 0.2) is 52.5 Å². The van der Waals surface area contributed by atoms with Gasteiger partial charge < -0.3 is 4.98 Å². The molecule has 1 N–H and O–H groups in total. The number of nitrogens with zero attached hydrogens (tertiary/aromatic N) is 1. The summed E-state index contributed by atoms with van der Waals surface area (Å²) in [6.45, 7) is 1.94. The molecule has 2 aromatic rings. The van der Waals surface area contributed by atoms with Crippen molar-refractivity contribution in [2.75, 3.05) is 0 Å². The predicted octanol–water partition coefficient (Wildman–Crippen LogP) is 2.52. The lowest BCUT2D eigenvalue weighted by atomic mass is 10.1. The normalized spacial score (nSPS) is 12.1. The number of carbonyl (C=O) groups excluding carboxylic acids is 1. The molecule has 0 aliphatic heterocycles. The van der Waals surface area contributed by atoms with Gasteiger partial charge in [0.2, 0.25) is 0 Å². The fraction of sp³-hybridized carbons (Fsp3) is 0.214. The topological polar surface area (TPSA) is 62.8 Å². The molecule has 0 saturated carbocycles. The SMILES string of the molecule is CCC(Sc1nccc(=O)[nH]1)C(=O)c1ccccc1. The molecule has 1 heterocycles. The number of nitrogens with one attached hydrogen (secondary N) is 1. The Balaban J connectivity index is 2.17. The van der Waals surface area contributed by atoms with Crippen molar-refractivity contribution in [3.63, 3.8) is 0 Å². The van der Waals surface area contributed by atoms with E-state index in [1.54, 1.807) is 12.1 Å². The van der Waals surface area contributed by atoms with E-state index in [4.69, 9.17) is 0 Å². The summed E-state index contributed by atoms with van der Waals surface area (Å²) < 4.78 is 0. The maximum atomic E-state index is 12.3. The molecule has 0 aliphatic rings. The van der Waals surface area contributed by atoms with Crippen LogP contribution in [0.2, 0.25) is 0 Å². The first-order valence-electron chi connectivity index (χ1n) is 6.02. The average molecular weight is 274 g/mol. The number of aromatic nitrogens is 2. The van der Waals surface area contributed by atoms with Gasteiger partial charge in [0.15, 0.2) is 10.9 Å². The Morgan fingerprint density at radius 2 is 2.05 bits per heavy atom. The fourth-order valence-corrected chi connectivity index (χ4v) is 2.62. The third-order valence-corrected chi connectivity index (χ3v) is 3.89. The number of rotatable bonds is 5. The molecule has 0 bridgehead atoms. The van der Waals surface area contributed by atoms with Crippen LogP contribution in [0.3, 0.4) is 0 Å². The highest BCUT2D eigenvalue weighted by Crippen LogP contribution is 2.24. The van der Waals surface area contributed by atoms with Gasteiger partial charge in [-0.2, -0.15) is 0 Å². The lowest BCUT2D eigenvalue weighted by molar-refractivity contribution is 0.0988. The number of Topliss-reactive ketones (excluding diaryl/α,β-unsaturated/α-hetero) is 1. The van der Waals surface area contributed by atoms with Gasteiger partial charge in [0.05, 0.1) is 5.25 Å². The summed E-state index contributed by atoms with van der Waals surface area (Å²) >= 11 is 1.29. The zero-order valence-electron chi connectivity index (χ0n) is 10.5. The molecule has 0 aliphatic carbocycles. The van der Waals surface area contributed by atoms with Crippen molar-refractivity contribution in [3.8, 4) is 0 Å². The molecule has 0 saturated heterocycles. The van der Waals surface area contributed by atoms with Crippen molar-refractivity contribution in [3.05, 3.63) is 58.5 Å². The molecule has 5 heteroatoms. The van der Waals surface area contributed by atoms with Crippen LogP contribution in [0.1, 0.15) is 23.7 Å². The number of aromatic amines is 1. The van der Waals surface area contributed by atoms with Crippen molar-refractivity contribution in [1.82, 2.24) is 9.97 Å². The Morgan fingerprint density at radius 3 is 2.68 bits per heavy atom. The van der Waals surface area contributed by atoms with Crippen LogP contribution < -0.4 is 5.56 Å². The summed E-state index contributed by atoms with van der Waals surface area (Å²) in [5.74, 6) is 0.0552. The van der Waals surface area contributed by atoms with Crippen LogP contribution in [0, 0.1) is 0 Å². The van der Waals surface area contributed by atoms with E-state index in [0.717, 1.165) is 0 Å². The van der Waals surface area contributed by atoms with E-state index in [2.05, 4.69) is 9.97 Å². The Hall–Kier alpha value is -1.88. The summed E-state index contributed by atoms with van der Waals surface area (Å²) in [4.78, 5) is 30.2. The molecular weight excluding hydrogens is 260 g/mol. The predicted molar refractivity (Wildman–Crippen MR) is 75.6 cm³/mol. The van der Waals surface area contributed by atoms with E-state index in [-0.39, 0.29) is 16.6 Å². The van der Waals surface area contributed by atoms with Crippen LogP contribution in [0.25, 0.3) is 0 Å². The van der Waals surface area contributed by atoms with Gasteiger partial charge in [0.1, 0.15) is 0 Å². The van der Waals surface area contributed by atoms with Crippen molar-refractivity contribution >= 4 is 17.5 Å². The van der Waals surface area contributed by atoms with E-state index in [1.165, 1.54) is 24.0 Å². The first kappa shape index (κ1) is 13.5. The molecule has 1 unspecified atom stereocenters. The van der Waals surface area contributed by atoms with Crippen molar-refractivity contribution in [1.29, 1.82) is 0 Å². The molecule has 1 aromatic heterocycles. The largest absolute Gasteiger partial charge is 0.301 e. The number of hydrogen-bond acceptors (Lipinski definition) is 4. The molecule has 19 heavy (non-hydrogen) atoms. The first-order valence-corrected chi connectivity index (χ1v) is 6.90. The van der Waals surface area contributed by atoms with Gasteiger partial charge in [-0.25, -0.2) is 4.98 Å². The third kappa shape index (κ3) is 3.54. The quantitative estimate of drug-likeness (QED) is 0.517. The standard InChI is InChI=1S/C14H14N2O2S/c1-2-11(13(18)10-6-4-3-5-7-10)19-14-15-9-8-12(17)16-14/h3-9,11H,2H2,1H3,(H,15,16,17). The van der Waals surface area contributed by atoms with Crippen LogP contribution in [-0.4, -0.2) is 21.0 Å². The molecule has 0 amide bonds. The maximum Gasteiger partial charge on any atom is 0.251 e. The zero-order chi connectivity index (χ0) is 13.7. The Bertz CT molecular complexity index is 610. The Kier molecular flexibility index (Phi) is 4.52. The number of thioether (sulfide) groups is 1. The van der Waals surface area contributed by atoms with Crippen LogP contribution in [-0.2, 0) is 0 Å². The lowest BCUT2D eigenvalue weighted by Gasteiger charge is -2.12. The fourth-order valence-electron chi connectivity index (χ4n) is 1.66. The van der Waals surface area contributed by atoms with Gasteiger partial charge in [0.25, 0.3) is 5.56 Å². The molecule has 0 spiro atoms. The van der Waals surface area contributed by atoms with E-state index in [0.29, 0.717) is 17.1 Å². The second-order valence-electron chi connectivity index (χ2n) is 3.98. The Morgan fingerprint density at radius 1 is 1.32 bits per heavy atom. The summed E-state index contributed by atoms with van der Waals surface area (Å²) in [7, 11) is 0. The van der Waals surface area contributed by atoms with Gasteiger partial charge in [0, 0.05) is 17.8 Å². The number of ketones is 1. The first-order chi connectivity index (χ1) is 9.20. The molecule has 0 fully saturated rings. The number of benzene rings is 1. The molecule has 0 radical (unpaired) electrons. The van der Waals surface area contributed by atoms with E-state index in [9.17, 15) is 9.59 Å². The van der Waals surface area contributed by atoms with E-state index < -0.39 is 0 Å². The van der Waals surface area contributed by atoms with Crippen LogP contribution in [0.4, 0.5) is 0 Å². The maximum absolute atomic E-state index is 12.3. The van der Waals surface area contributed by atoms with Crippen LogP contribution >= 0.6 is 11.8 Å². The highest BCUT2D eigenvalue weighted by Gasteiger charge is 2.20. The minimum atomic E-state index is -0.243. The highest BCUT2D eigenvalue weighted by molar-refractivity contribution is 8.00. The lowest BCUT2D eigenvalue weighted by Crippen LogP contribution is -2.18. The highest BCUT2D eigenvalue weighted by atomic mass is 32.2. The molecular formula is C14H14N2O2S. The van der Waals surface area contributed by atoms with E-state index in [1.807, 2.05) is 25.1 Å². The minimum absolute atomic E-state index is 0.0552. The second-order valence-corrected chi connectivity index (χ2v) is 5.18. The summed E-state index contributed by atoms with van der Waals surface area (Å²) in [5, 5.41) is 0.233. The van der Waals surface area contributed by atoms with Crippen molar-refractivity contribution < 1.29 is 4.79 Å². The number of H-pyrrole nitrogens is 1. The molecule has 4 nitrogen and oxygen atoms in total. The molecule has 98 valence electrons.